The van der Waals surface area contributed by atoms with Gasteiger partial charge in [0, 0.05) is 0 Å². The van der Waals surface area contributed by atoms with Crippen molar-refractivity contribution in [2.24, 2.45) is 0 Å². The SMILES string of the molecule is N#CCN1CC(=O)C1. The van der Waals surface area contributed by atoms with Gasteiger partial charge in [-0.15, -0.1) is 0 Å². The highest BCUT2D eigenvalue weighted by atomic mass is 16.1. The first-order chi connectivity index (χ1) is 3.83. The molecule has 0 aliphatic carbocycles. The molecule has 0 bridgehead atoms. The molecule has 0 aromatic heterocycles. The Kier molecular flexibility index (Phi) is 1.27. The third-order valence-electron chi connectivity index (χ3n) is 1.09. The predicted octanol–water partition coefficient (Wildman–Crippen LogP) is -0.605. The fraction of sp³-hybridized carbons (Fsp3) is 0.600. The lowest BCUT2D eigenvalue weighted by Crippen LogP contribution is -2.46. The maximum absolute atomic E-state index is 10.2. The monoisotopic (exact) mass is 110 g/mol. The van der Waals surface area contributed by atoms with Crippen LogP contribution in [0.2, 0.25) is 0 Å². The first-order valence-corrected chi connectivity index (χ1v) is 2.44. The average molecular weight is 110 g/mol. The molecule has 1 fully saturated rings. The van der Waals surface area contributed by atoms with Crippen molar-refractivity contribution in [3.05, 3.63) is 0 Å². The van der Waals surface area contributed by atoms with Crippen LogP contribution in [0.5, 0.6) is 0 Å². The quantitative estimate of drug-likeness (QED) is 0.423. The molecule has 42 valence electrons. The van der Waals surface area contributed by atoms with Crippen molar-refractivity contribution in [1.82, 2.24) is 4.90 Å². The van der Waals surface area contributed by atoms with Crippen molar-refractivity contribution in [1.29, 1.82) is 5.26 Å². The second kappa shape index (κ2) is 1.93. The number of rotatable bonds is 1. The number of hydrogen-bond donors (Lipinski definition) is 0. The Morgan fingerprint density at radius 3 is 2.75 bits per heavy atom. The van der Waals surface area contributed by atoms with Gasteiger partial charge in [0.2, 0.25) is 0 Å². The first-order valence-electron chi connectivity index (χ1n) is 2.44. The molecule has 1 aliphatic heterocycles. The van der Waals surface area contributed by atoms with Gasteiger partial charge in [-0.05, 0) is 0 Å². The lowest BCUT2D eigenvalue weighted by molar-refractivity contribution is -0.128. The topological polar surface area (TPSA) is 44.1 Å². The number of nitriles is 1. The standard InChI is InChI=1S/C5H6N2O/c6-1-2-7-3-5(8)4-7/h2-4H2. The van der Waals surface area contributed by atoms with Crippen molar-refractivity contribution < 1.29 is 4.79 Å². The summed E-state index contributed by atoms with van der Waals surface area (Å²) in [7, 11) is 0. The summed E-state index contributed by atoms with van der Waals surface area (Å²) in [6, 6.07) is 1.96. The number of Topliss-reactive ketones (excluding diaryl/α,β-unsaturated/α-hetero) is 1. The van der Waals surface area contributed by atoms with Crippen LogP contribution in [-0.4, -0.2) is 30.3 Å². The molecule has 0 aromatic rings. The highest BCUT2D eigenvalue weighted by Gasteiger charge is 2.21. The molecule has 0 saturated carbocycles. The smallest absolute Gasteiger partial charge is 0.160 e. The van der Waals surface area contributed by atoms with Crippen molar-refractivity contribution >= 4 is 5.78 Å². The molecule has 0 amide bonds. The molecule has 3 heteroatoms. The van der Waals surface area contributed by atoms with E-state index in [2.05, 4.69) is 0 Å². The lowest BCUT2D eigenvalue weighted by atomic mass is 10.2. The van der Waals surface area contributed by atoms with Crippen molar-refractivity contribution in [2.75, 3.05) is 19.6 Å². The van der Waals surface area contributed by atoms with Crippen LogP contribution >= 0.6 is 0 Å². The van der Waals surface area contributed by atoms with Crippen LogP contribution in [0.3, 0.4) is 0 Å². The Morgan fingerprint density at radius 1 is 1.75 bits per heavy atom. The third kappa shape index (κ3) is 0.849. The molecule has 0 atom stereocenters. The minimum Gasteiger partial charge on any atom is -0.297 e. The summed E-state index contributed by atoms with van der Waals surface area (Å²) in [6.45, 7) is 1.35. The minimum absolute atomic E-state index is 0.236. The van der Waals surface area contributed by atoms with Crippen LogP contribution in [0.4, 0.5) is 0 Å². The van der Waals surface area contributed by atoms with Crippen LogP contribution in [0, 0.1) is 11.3 Å². The summed E-state index contributed by atoms with van der Waals surface area (Å²) < 4.78 is 0. The summed E-state index contributed by atoms with van der Waals surface area (Å²) >= 11 is 0. The van der Waals surface area contributed by atoms with Gasteiger partial charge in [0.05, 0.1) is 25.7 Å². The Hall–Kier alpha value is -0.880. The molecule has 1 aliphatic rings. The van der Waals surface area contributed by atoms with Gasteiger partial charge in [-0.1, -0.05) is 0 Å². The van der Waals surface area contributed by atoms with Crippen LogP contribution < -0.4 is 0 Å². The van der Waals surface area contributed by atoms with Crippen molar-refractivity contribution in [2.45, 2.75) is 0 Å². The summed E-state index contributed by atoms with van der Waals surface area (Å²) in [4.78, 5) is 12.0. The molecule has 0 spiro atoms. The average Bonchev–Trinajstić information content (AvgIpc) is 1.64. The molecular weight excluding hydrogens is 104 g/mol. The van der Waals surface area contributed by atoms with E-state index in [9.17, 15) is 4.79 Å². The minimum atomic E-state index is 0.236. The Bertz CT molecular complexity index is 139. The van der Waals surface area contributed by atoms with E-state index < -0.39 is 0 Å². The van der Waals surface area contributed by atoms with E-state index in [0.29, 0.717) is 19.6 Å². The Morgan fingerprint density at radius 2 is 2.38 bits per heavy atom. The van der Waals surface area contributed by atoms with Gasteiger partial charge in [-0.25, -0.2) is 0 Å². The maximum atomic E-state index is 10.2. The zero-order chi connectivity index (χ0) is 5.98. The molecular formula is C5H6N2O. The van der Waals surface area contributed by atoms with Gasteiger partial charge < -0.3 is 0 Å². The molecule has 0 aromatic carbocycles. The molecule has 1 heterocycles. The first kappa shape index (κ1) is 5.26. The normalized spacial score (nSPS) is 19.6. The van der Waals surface area contributed by atoms with E-state index >= 15 is 0 Å². The highest BCUT2D eigenvalue weighted by Crippen LogP contribution is 1.98. The Labute approximate surface area is 47.5 Å². The number of ketones is 1. The van der Waals surface area contributed by atoms with Crippen molar-refractivity contribution in [3.63, 3.8) is 0 Å². The third-order valence-corrected chi connectivity index (χ3v) is 1.09. The van der Waals surface area contributed by atoms with Crippen LogP contribution in [-0.2, 0) is 4.79 Å². The fourth-order valence-electron chi connectivity index (χ4n) is 0.664. The second-order valence-electron chi connectivity index (χ2n) is 1.84. The molecule has 0 unspecified atom stereocenters. The summed E-state index contributed by atoms with van der Waals surface area (Å²) in [6.07, 6.45) is 0. The summed E-state index contributed by atoms with van der Waals surface area (Å²) in [5, 5.41) is 8.08. The van der Waals surface area contributed by atoms with E-state index in [-0.39, 0.29) is 5.78 Å². The number of carbonyl (C=O) groups excluding carboxylic acids is 1. The van der Waals surface area contributed by atoms with E-state index in [1.165, 1.54) is 0 Å². The van der Waals surface area contributed by atoms with Gasteiger partial charge >= 0.3 is 0 Å². The molecule has 3 nitrogen and oxygen atoms in total. The molecule has 0 radical (unpaired) electrons. The summed E-state index contributed by atoms with van der Waals surface area (Å²) in [5.74, 6) is 0.236. The van der Waals surface area contributed by atoms with Crippen LogP contribution in [0.25, 0.3) is 0 Å². The van der Waals surface area contributed by atoms with Crippen molar-refractivity contribution in [3.8, 4) is 6.07 Å². The largest absolute Gasteiger partial charge is 0.297 e. The van der Waals surface area contributed by atoms with Crippen LogP contribution in [0.1, 0.15) is 0 Å². The Balaban J connectivity index is 2.18. The maximum Gasteiger partial charge on any atom is 0.160 e. The number of likely N-dealkylation sites (tertiary alicyclic amines) is 1. The number of hydrogen-bond acceptors (Lipinski definition) is 3. The number of nitrogens with zero attached hydrogens (tertiary/aromatic N) is 2. The van der Waals surface area contributed by atoms with Gasteiger partial charge in [0.1, 0.15) is 0 Å². The zero-order valence-corrected chi connectivity index (χ0v) is 4.42. The summed E-state index contributed by atoms with van der Waals surface area (Å²) in [5.41, 5.74) is 0. The van der Waals surface area contributed by atoms with Crippen LogP contribution in [0.15, 0.2) is 0 Å². The highest BCUT2D eigenvalue weighted by molar-refractivity contribution is 5.87. The molecule has 8 heavy (non-hydrogen) atoms. The fourth-order valence-corrected chi connectivity index (χ4v) is 0.664. The van der Waals surface area contributed by atoms with Gasteiger partial charge in [-0.2, -0.15) is 5.26 Å². The van der Waals surface area contributed by atoms with E-state index in [1.807, 2.05) is 6.07 Å². The second-order valence-corrected chi connectivity index (χ2v) is 1.84. The van der Waals surface area contributed by atoms with E-state index in [4.69, 9.17) is 5.26 Å². The molecule has 1 rings (SSSR count). The molecule has 1 saturated heterocycles. The van der Waals surface area contributed by atoms with Gasteiger partial charge in [0.25, 0.3) is 0 Å². The van der Waals surface area contributed by atoms with E-state index in [1.54, 1.807) is 4.90 Å². The zero-order valence-electron chi connectivity index (χ0n) is 4.42. The lowest BCUT2D eigenvalue weighted by Gasteiger charge is -2.25. The number of carbonyl (C=O) groups is 1. The molecule has 0 N–H and O–H groups in total. The predicted molar refractivity (Wildman–Crippen MR) is 27.1 cm³/mol. The van der Waals surface area contributed by atoms with Gasteiger partial charge in [0.15, 0.2) is 5.78 Å². The van der Waals surface area contributed by atoms with Gasteiger partial charge in [-0.3, -0.25) is 9.69 Å². The van der Waals surface area contributed by atoms with E-state index in [0.717, 1.165) is 0 Å².